The molecule has 1 aromatic carbocycles. The van der Waals surface area contributed by atoms with Crippen LogP contribution in [0.2, 0.25) is 0 Å². The lowest BCUT2D eigenvalue weighted by Gasteiger charge is -2.34. The summed E-state index contributed by atoms with van der Waals surface area (Å²) >= 11 is 0. The lowest BCUT2D eigenvalue weighted by Crippen LogP contribution is -2.32. The smallest absolute Gasteiger partial charge is 0.167 e. The topological polar surface area (TPSA) is 39.4 Å². The summed E-state index contributed by atoms with van der Waals surface area (Å²) in [5, 5.41) is 0.958. The first-order chi connectivity index (χ1) is 10.2. The van der Waals surface area contributed by atoms with E-state index in [4.69, 9.17) is 9.15 Å². The summed E-state index contributed by atoms with van der Waals surface area (Å²) < 4.78 is 11.4. The SMILES string of the molecule is CCOC1CC(CC(=O)c2c(CC)oc3ccccc23)C1. The summed E-state index contributed by atoms with van der Waals surface area (Å²) in [6.45, 7) is 4.81. The maximum absolute atomic E-state index is 12.7. The third-order valence-electron chi connectivity index (χ3n) is 4.34. The zero-order valence-electron chi connectivity index (χ0n) is 12.7. The zero-order chi connectivity index (χ0) is 14.8. The van der Waals surface area contributed by atoms with Crippen LogP contribution >= 0.6 is 0 Å². The van der Waals surface area contributed by atoms with E-state index in [9.17, 15) is 4.79 Å². The largest absolute Gasteiger partial charge is 0.460 e. The van der Waals surface area contributed by atoms with Crippen molar-refractivity contribution in [1.29, 1.82) is 0 Å². The van der Waals surface area contributed by atoms with Gasteiger partial charge < -0.3 is 9.15 Å². The molecule has 1 fully saturated rings. The summed E-state index contributed by atoms with van der Waals surface area (Å²) in [4.78, 5) is 12.7. The van der Waals surface area contributed by atoms with Crippen LogP contribution in [0.4, 0.5) is 0 Å². The predicted molar refractivity (Wildman–Crippen MR) is 82.7 cm³/mol. The van der Waals surface area contributed by atoms with Crippen molar-refractivity contribution in [3.8, 4) is 0 Å². The van der Waals surface area contributed by atoms with Gasteiger partial charge in [-0.05, 0) is 31.7 Å². The second-order valence-corrected chi connectivity index (χ2v) is 5.79. The Morgan fingerprint density at radius 3 is 2.76 bits per heavy atom. The summed E-state index contributed by atoms with van der Waals surface area (Å²) in [5.74, 6) is 1.51. The maximum atomic E-state index is 12.7. The van der Waals surface area contributed by atoms with Gasteiger partial charge in [0.15, 0.2) is 5.78 Å². The second-order valence-electron chi connectivity index (χ2n) is 5.79. The molecule has 21 heavy (non-hydrogen) atoms. The fraction of sp³-hybridized carbons (Fsp3) is 0.500. The number of rotatable bonds is 6. The monoisotopic (exact) mass is 286 g/mol. The molecule has 0 atom stereocenters. The summed E-state index contributed by atoms with van der Waals surface area (Å²) in [5.41, 5.74) is 1.62. The van der Waals surface area contributed by atoms with Gasteiger partial charge in [-0.25, -0.2) is 0 Å². The molecule has 3 heteroatoms. The van der Waals surface area contributed by atoms with Gasteiger partial charge in [-0.2, -0.15) is 0 Å². The minimum absolute atomic E-state index is 0.219. The maximum Gasteiger partial charge on any atom is 0.167 e. The van der Waals surface area contributed by atoms with Gasteiger partial charge in [-0.15, -0.1) is 0 Å². The number of Topliss-reactive ketones (excluding diaryl/α,β-unsaturated/α-hetero) is 1. The van der Waals surface area contributed by atoms with Gasteiger partial charge in [0, 0.05) is 24.8 Å². The minimum atomic E-state index is 0.219. The van der Waals surface area contributed by atoms with Crippen LogP contribution in [0.3, 0.4) is 0 Å². The number of hydrogen-bond donors (Lipinski definition) is 0. The summed E-state index contributed by atoms with van der Waals surface area (Å²) in [6, 6.07) is 7.81. The highest BCUT2D eigenvalue weighted by Crippen LogP contribution is 2.35. The second kappa shape index (κ2) is 6.02. The summed E-state index contributed by atoms with van der Waals surface area (Å²) in [7, 11) is 0. The van der Waals surface area contributed by atoms with Crippen LogP contribution < -0.4 is 0 Å². The molecule has 3 nitrogen and oxygen atoms in total. The Balaban J connectivity index is 1.76. The predicted octanol–water partition coefficient (Wildman–Crippen LogP) is 4.38. The van der Waals surface area contributed by atoms with Crippen LogP contribution in [0.25, 0.3) is 11.0 Å². The van der Waals surface area contributed by atoms with Crippen LogP contribution in [-0.2, 0) is 11.2 Å². The summed E-state index contributed by atoms with van der Waals surface area (Å²) in [6.07, 6.45) is 3.75. The first-order valence-corrected chi connectivity index (χ1v) is 7.88. The Bertz CT molecular complexity index is 635. The fourth-order valence-corrected chi connectivity index (χ4v) is 3.23. The highest BCUT2D eigenvalue weighted by atomic mass is 16.5. The van der Waals surface area contributed by atoms with Crippen molar-refractivity contribution in [2.45, 2.75) is 45.6 Å². The molecular formula is C18H22O3. The van der Waals surface area contributed by atoms with E-state index in [1.54, 1.807) is 0 Å². The number of carbonyl (C=O) groups excluding carboxylic acids is 1. The number of ketones is 1. The molecule has 0 unspecified atom stereocenters. The van der Waals surface area contributed by atoms with E-state index in [1.807, 2.05) is 38.1 Å². The molecule has 2 aromatic rings. The lowest BCUT2D eigenvalue weighted by molar-refractivity contribution is -0.0246. The first kappa shape index (κ1) is 14.3. The molecular weight excluding hydrogens is 264 g/mol. The van der Waals surface area contributed by atoms with E-state index in [-0.39, 0.29) is 5.78 Å². The van der Waals surface area contributed by atoms with E-state index < -0.39 is 0 Å². The quantitative estimate of drug-likeness (QED) is 0.740. The number of benzene rings is 1. The number of para-hydroxylation sites is 1. The minimum Gasteiger partial charge on any atom is -0.460 e. The van der Waals surface area contributed by atoms with E-state index in [0.29, 0.717) is 18.4 Å². The molecule has 1 aromatic heterocycles. The average molecular weight is 286 g/mol. The van der Waals surface area contributed by atoms with Gasteiger partial charge in [0.2, 0.25) is 0 Å². The highest BCUT2D eigenvalue weighted by molar-refractivity contribution is 6.08. The third kappa shape index (κ3) is 2.75. The Hall–Kier alpha value is -1.61. The molecule has 3 rings (SSSR count). The number of furan rings is 1. The molecule has 0 bridgehead atoms. The first-order valence-electron chi connectivity index (χ1n) is 7.88. The molecule has 1 heterocycles. The molecule has 1 aliphatic carbocycles. The van der Waals surface area contributed by atoms with E-state index in [2.05, 4.69) is 0 Å². The van der Waals surface area contributed by atoms with Gasteiger partial charge in [-0.3, -0.25) is 4.79 Å². The van der Waals surface area contributed by atoms with Crippen molar-refractivity contribution >= 4 is 16.8 Å². The fourth-order valence-electron chi connectivity index (χ4n) is 3.23. The standard InChI is InChI=1S/C18H22O3/c1-3-16-18(14-7-5-6-8-17(14)21-16)15(19)11-12-9-13(10-12)20-4-2/h5-8,12-13H,3-4,9-11H2,1-2H3. The molecule has 112 valence electrons. The van der Waals surface area contributed by atoms with Crippen molar-refractivity contribution in [3.05, 3.63) is 35.6 Å². The molecule has 0 saturated heterocycles. The van der Waals surface area contributed by atoms with E-state index in [0.717, 1.165) is 48.2 Å². The van der Waals surface area contributed by atoms with Crippen LogP contribution in [0.1, 0.15) is 49.2 Å². The number of hydrogen-bond acceptors (Lipinski definition) is 3. The highest BCUT2D eigenvalue weighted by Gasteiger charge is 2.32. The number of fused-ring (bicyclic) bond motifs is 1. The Labute approximate surface area is 125 Å². The number of ether oxygens (including phenoxy) is 1. The Morgan fingerprint density at radius 2 is 2.05 bits per heavy atom. The van der Waals surface area contributed by atoms with Gasteiger partial charge in [0.1, 0.15) is 11.3 Å². The van der Waals surface area contributed by atoms with Crippen molar-refractivity contribution in [1.82, 2.24) is 0 Å². The van der Waals surface area contributed by atoms with Gasteiger partial charge in [0.25, 0.3) is 0 Å². The van der Waals surface area contributed by atoms with Crippen molar-refractivity contribution in [3.63, 3.8) is 0 Å². The molecule has 0 N–H and O–H groups in total. The van der Waals surface area contributed by atoms with E-state index in [1.165, 1.54) is 0 Å². The normalized spacial score (nSPS) is 21.4. The lowest BCUT2D eigenvalue weighted by atomic mass is 9.78. The third-order valence-corrected chi connectivity index (χ3v) is 4.34. The molecule has 0 radical (unpaired) electrons. The average Bonchev–Trinajstić information content (AvgIpc) is 2.83. The van der Waals surface area contributed by atoms with Crippen molar-refractivity contribution in [2.24, 2.45) is 5.92 Å². The Morgan fingerprint density at radius 1 is 1.29 bits per heavy atom. The number of carbonyl (C=O) groups is 1. The molecule has 0 aliphatic heterocycles. The zero-order valence-corrected chi connectivity index (χ0v) is 12.7. The Kier molecular flexibility index (Phi) is 4.11. The molecule has 1 aliphatic rings. The molecule has 1 saturated carbocycles. The molecule has 0 amide bonds. The number of aryl methyl sites for hydroxylation is 1. The van der Waals surface area contributed by atoms with Crippen LogP contribution in [0.5, 0.6) is 0 Å². The van der Waals surface area contributed by atoms with Crippen molar-refractivity contribution in [2.75, 3.05) is 6.61 Å². The van der Waals surface area contributed by atoms with Crippen molar-refractivity contribution < 1.29 is 13.9 Å². The van der Waals surface area contributed by atoms with Crippen LogP contribution in [0, 0.1) is 5.92 Å². The van der Waals surface area contributed by atoms with E-state index >= 15 is 0 Å². The van der Waals surface area contributed by atoms with Crippen LogP contribution in [-0.4, -0.2) is 18.5 Å². The van der Waals surface area contributed by atoms with Gasteiger partial charge >= 0.3 is 0 Å². The van der Waals surface area contributed by atoms with Gasteiger partial charge in [0.05, 0.1) is 11.7 Å². The van der Waals surface area contributed by atoms with Gasteiger partial charge in [-0.1, -0.05) is 25.1 Å². The molecule has 0 spiro atoms. The van der Waals surface area contributed by atoms with Crippen LogP contribution in [0.15, 0.2) is 28.7 Å².